The molecule has 1 aliphatic rings. The second kappa shape index (κ2) is 13.6. The van der Waals surface area contributed by atoms with E-state index in [1.54, 1.807) is 12.4 Å². The number of amides is 1. The predicted molar refractivity (Wildman–Crippen MR) is 167 cm³/mol. The van der Waals surface area contributed by atoms with E-state index in [1.807, 2.05) is 68.8 Å². The lowest BCUT2D eigenvalue weighted by Gasteiger charge is -2.35. The van der Waals surface area contributed by atoms with Crippen LogP contribution >= 0.6 is 0 Å². The fourth-order valence-electron chi connectivity index (χ4n) is 4.86. The Morgan fingerprint density at radius 3 is 2.73 bits per heavy atom. The SMILES string of the molecule is C=N/C(C)=C\C=C(/C)COc1cc(C(=O)Nc2cc(CN3CCC(N)C(C)C3)cc(-n3cnc(C)c3)c2)ccc1C. The standard InChI is InChI=1S/C33H42N6O2/c1-22(7-9-25(4)35-6)20-41-32-15-28(10-8-23(32)2)33(40)37-29-13-27(19-38-12-11-31(34)24(3)17-38)14-30(16-29)39-18-26(5)36-21-39/h7-10,13-16,18,21,24,31H,6,11-12,17,19-20,34H2,1-5H3,(H,37,40)/b22-7+,25-9-. The number of nitrogens with two attached hydrogens (primary N) is 1. The Hall–Kier alpha value is -4.01. The van der Waals surface area contributed by atoms with Gasteiger partial charge in [-0.2, -0.15) is 0 Å². The van der Waals surface area contributed by atoms with E-state index in [0.29, 0.717) is 23.8 Å². The van der Waals surface area contributed by atoms with Gasteiger partial charge in [-0.25, -0.2) is 4.98 Å². The van der Waals surface area contributed by atoms with Crippen molar-refractivity contribution in [2.24, 2.45) is 16.6 Å². The zero-order valence-corrected chi connectivity index (χ0v) is 24.9. The number of likely N-dealkylation sites (tertiary alicyclic amines) is 1. The van der Waals surface area contributed by atoms with Gasteiger partial charge in [0.2, 0.25) is 0 Å². The quantitative estimate of drug-likeness (QED) is 0.242. The Morgan fingerprint density at radius 2 is 2.02 bits per heavy atom. The van der Waals surface area contributed by atoms with E-state index < -0.39 is 0 Å². The van der Waals surface area contributed by atoms with Crippen molar-refractivity contribution in [2.75, 3.05) is 25.0 Å². The molecule has 1 amide bonds. The number of carbonyl (C=O) groups is 1. The number of benzene rings is 2. The summed E-state index contributed by atoms with van der Waals surface area (Å²) in [5.41, 5.74) is 13.3. The molecule has 3 aromatic rings. The Labute approximate surface area is 243 Å². The van der Waals surface area contributed by atoms with Crippen LogP contribution in [0.3, 0.4) is 0 Å². The molecule has 2 atom stereocenters. The number of ether oxygens (including phenoxy) is 1. The second-order valence-corrected chi connectivity index (χ2v) is 11.2. The number of nitrogens with zero attached hydrogens (tertiary/aromatic N) is 4. The fraction of sp³-hybridized carbons (Fsp3) is 0.364. The Bertz CT molecular complexity index is 1450. The molecule has 0 spiro atoms. The van der Waals surface area contributed by atoms with Crippen molar-refractivity contribution in [2.45, 2.75) is 53.6 Å². The molecule has 2 unspecified atom stereocenters. The molecule has 8 heteroatoms. The number of aryl methyl sites for hydroxylation is 2. The number of piperidine rings is 1. The van der Waals surface area contributed by atoms with Crippen molar-refractivity contribution in [3.05, 3.63) is 94.7 Å². The monoisotopic (exact) mass is 554 g/mol. The number of aromatic nitrogens is 2. The molecule has 0 saturated carbocycles. The minimum atomic E-state index is -0.194. The minimum absolute atomic E-state index is 0.194. The Kier molecular flexibility index (Phi) is 9.91. The molecule has 216 valence electrons. The number of imidazole rings is 1. The van der Waals surface area contributed by atoms with Crippen LogP contribution in [0.15, 0.2) is 77.3 Å². The van der Waals surface area contributed by atoms with Crippen molar-refractivity contribution in [1.82, 2.24) is 14.5 Å². The lowest BCUT2D eigenvalue weighted by atomic mass is 9.94. The van der Waals surface area contributed by atoms with Crippen LogP contribution in [-0.2, 0) is 6.54 Å². The van der Waals surface area contributed by atoms with Crippen molar-refractivity contribution < 1.29 is 9.53 Å². The average Bonchev–Trinajstić information content (AvgIpc) is 3.39. The van der Waals surface area contributed by atoms with E-state index in [9.17, 15) is 4.79 Å². The normalized spacial score (nSPS) is 18.3. The van der Waals surface area contributed by atoms with E-state index >= 15 is 0 Å². The fourth-order valence-corrected chi connectivity index (χ4v) is 4.86. The molecule has 2 heterocycles. The number of anilines is 1. The lowest BCUT2D eigenvalue weighted by Crippen LogP contribution is -2.45. The van der Waals surface area contributed by atoms with Crippen LogP contribution < -0.4 is 15.8 Å². The van der Waals surface area contributed by atoms with Crippen molar-refractivity contribution in [3.63, 3.8) is 0 Å². The first-order valence-corrected chi connectivity index (χ1v) is 14.1. The number of allylic oxidation sites excluding steroid dienone is 3. The molecule has 3 N–H and O–H groups in total. The number of hydrogen-bond donors (Lipinski definition) is 2. The first-order chi connectivity index (χ1) is 19.6. The van der Waals surface area contributed by atoms with Crippen LogP contribution in [0.4, 0.5) is 5.69 Å². The summed E-state index contributed by atoms with van der Waals surface area (Å²) in [5.74, 6) is 0.929. The Morgan fingerprint density at radius 1 is 1.22 bits per heavy atom. The van der Waals surface area contributed by atoms with Crippen LogP contribution in [0, 0.1) is 19.8 Å². The zero-order chi connectivity index (χ0) is 29.5. The average molecular weight is 555 g/mol. The summed E-state index contributed by atoms with van der Waals surface area (Å²) in [6.45, 7) is 16.7. The van der Waals surface area contributed by atoms with Gasteiger partial charge in [0.25, 0.3) is 5.91 Å². The first-order valence-electron chi connectivity index (χ1n) is 14.1. The van der Waals surface area contributed by atoms with Gasteiger partial charge < -0.3 is 20.4 Å². The summed E-state index contributed by atoms with van der Waals surface area (Å²) in [7, 11) is 0. The van der Waals surface area contributed by atoms with Gasteiger partial charge >= 0.3 is 0 Å². The molecular formula is C33H42N6O2. The third-order valence-corrected chi connectivity index (χ3v) is 7.47. The van der Waals surface area contributed by atoms with E-state index in [-0.39, 0.29) is 11.9 Å². The largest absolute Gasteiger partial charge is 0.489 e. The molecule has 1 saturated heterocycles. The van der Waals surface area contributed by atoms with Gasteiger partial charge in [-0.1, -0.05) is 19.1 Å². The Balaban J connectivity index is 1.53. The summed E-state index contributed by atoms with van der Waals surface area (Å²) in [6, 6.07) is 12.0. The third-order valence-electron chi connectivity index (χ3n) is 7.47. The van der Waals surface area contributed by atoms with E-state index in [1.165, 1.54) is 0 Å². The van der Waals surface area contributed by atoms with E-state index in [2.05, 4.69) is 46.0 Å². The van der Waals surface area contributed by atoms with Crippen molar-refractivity contribution in [3.8, 4) is 11.4 Å². The molecule has 1 fully saturated rings. The molecule has 1 aliphatic heterocycles. The highest BCUT2D eigenvalue weighted by molar-refractivity contribution is 6.04. The smallest absolute Gasteiger partial charge is 0.255 e. The summed E-state index contributed by atoms with van der Waals surface area (Å²) in [5, 5.41) is 3.12. The van der Waals surface area contributed by atoms with Gasteiger partial charge in [0.15, 0.2) is 0 Å². The molecular weight excluding hydrogens is 512 g/mol. The number of nitrogens with one attached hydrogen (secondary N) is 1. The molecule has 0 bridgehead atoms. The zero-order valence-electron chi connectivity index (χ0n) is 24.9. The third kappa shape index (κ3) is 8.25. The molecule has 41 heavy (non-hydrogen) atoms. The summed E-state index contributed by atoms with van der Waals surface area (Å²) < 4.78 is 8.04. The molecule has 0 radical (unpaired) electrons. The van der Waals surface area contributed by atoms with Gasteiger partial charge in [-0.3, -0.25) is 14.7 Å². The van der Waals surface area contributed by atoms with Gasteiger partial charge in [0.1, 0.15) is 12.4 Å². The number of aliphatic imine (C=N–C) groups is 1. The molecule has 1 aromatic heterocycles. The van der Waals surface area contributed by atoms with Crippen LogP contribution in [-0.4, -0.2) is 52.8 Å². The number of rotatable bonds is 10. The van der Waals surface area contributed by atoms with Gasteiger partial charge in [-0.15, -0.1) is 0 Å². The summed E-state index contributed by atoms with van der Waals surface area (Å²) >= 11 is 0. The van der Waals surface area contributed by atoms with Crippen LogP contribution in [0.2, 0.25) is 0 Å². The van der Waals surface area contributed by atoms with Crippen molar-refractivity contribution >= 4 is 18.3 Å². The van der Waals surface area contributed by atoms with Crippen LogP contribution in [0.1, 0.15) is 54.4 Å². The highest BCUT2D eigenvalue weighted by atomic mass is 16.5. The maximum Gasteiger partial charge on any atom is 0.255 e. The topological polar surface area (TPSA) is 97.8 Å². The van der Waals surface area contributed by atoms with Crippen LogP contribution in [0.5, 0.6) is 5.75 Å². The lowest BCUT2D eigenvalue weighted by molar-refractivity contribution is 0.102. The van der Waals surface area contributed by atoms with E-state index in [0.717, 1.165) is 65.5 Å². The van der Waals surface area contributed by atoms with E-state index in [4.69, 9.17) is 10.5 Å². The van der Waals surface area contributed by atoms with Gasteiger partial charge in [0.05, 0.1) is 12.0 Å². The number of hydrogen-bond acceptors (Lipinski definition) is 6. The maximum atomic E-state index is 13.4. The summed E-state index contributed by atoms with van der Waals surface area (Å²) in [4.78, 5) is 24.1. The summed E-state index contributed by atoms with van der Waals surface area (Å²) in [6.07, 6.45) is 8.63. The van der Waals surface area contributed by atoms with Gasteiger partial charge in [-0.05, 0) is 106 Å². The molecule has 4 rings (SSSR count). The predicted octanol–water partition coefficient (Wildman–Crippen LogP) is 5.84. The maximum absolute atomic E-state index is 13.4. The highest BCUT2D eigenvalue weighted by Gasteiger charge is 2.23. The van der Waals surface area contributed by atoms with Crippen LogP contribution in [0.25, 0.3) is 5.69 Å². The second-order valence-electron chi connectivity index (χ2n) is 11.2. The number of carbonyl (C=O) groups excluding carboxylic acids is 1. The molecule has 8 nitrogen and oxygen atoms in total. The first kappa shape index (κ1) is 30.0. The molecule has 0 aliphatic carbocycles. The minimum Gasteiger partial charge on any atom is -0.489 e. The highest BCUT2D eigenvalue weighted by Crippen LogP contribution is 2.25. The molecule has 2 aromatic carbocycles. The van der Waals surface area contributed by atoms with Crippen molar-refractivity contribution in [1.29, 1.82) is 0 Å². The van der Waals surface area contributed by atoms with Gasteiger partial charge in [0, 0.05) is 48.0 Å².